The van der Waals surface area contributed by atoms with Gasteiger partial charge in [-0.2, -0.15) is 8.39 Å². The van der Waals surface area contributed by atoms with Gasteiger partial charge in [-0.15, -0.1) is 0 Å². The monoisotopic (exact) mass is 229 g/mol. The fourth-order valence-electron chi connectivity index (χ4n) is 1.86. The third-order valence-electron chi connectivity index (χ3n) is 2.41. The number of nitrogens with zero attached hydrogens (tertiary/aromatic N) is 1. The van der Waals surface area contributed by atoms with Crippen molar-refractivity contribution in [2.24, 2.45) is 0 Å². The molecule has 6 heteroatoms. The minimum absolute atomic E-state index is 1.34. The van der Waals surface area contributed by atoms with Gasteiger partial charge in [0.2, 0.25) is 0 Å². The molecule has 0 saturated carbocycles. The van der Waals surface area contributed by atoms with Crippen LogP contribution in [0.5, 0.6) is 0 Å². The molecule has 0 aliphatic carbocycles. The Morgan fingerprint density at radius 2 is 1.71 bits per heavy atom. The maximum atomic E-state index is 10.0. The van der Waals surface area contributed by atoms with Crippen LogP contribution in [0.4, 0.5) is 8.39 Å². The van der Waals surface area contributed by atoms with Gasteiger partial charge in [-0.1, -0.05) is 6.92 Å². The molecule has 0 unspecified atom stereocenters. The zero-order chi connectivity index (χ0) is 11.2. The predicted molar refractivity (Wildman–Crippen MR) is 50.1 cm³/mol. The maximum absolute atomic E-state index is 10.0. The van der Waals surface area contributed by atoms with Crippen LogP contribution >= 0.6 is 7.99 Å². The second-order valence-corrected chi connectivity index (χ2v) is 4.74. The Hall–Kier alpha value is 0.01000. The molecular formula is C8H18F2NO2P. The van der Waals surface area contributed by atoms with Crippen LogP contribution < -0.4 is 4.89 Å². The minimum atomic E-state index is -5.89. The zero-order valence-corrected chi connectivity index (χ0v) is 9.60. The molecule has 1 heterocycles. The number of rotatable bonds is 2. The molecule has 0 atom stereocenters. The van der Waals surface area contributed by atoms with Crippen molar-refractivity contribution < 1.29 is 22.3 Å². The average Bonchev–Trinajstić information content (AvgIpc) is 2.33. The minimum Gasteiger partial charge on any atom is -0.749 e. The number of hydrogen-bond donors (Lipinski definition) is 0. The fourth-order valence-corrected chi connectivity index (χ4v) is 1.86. The van der Waals surface area contributed by atoms with Gasteiger partial charge in [-0.05, 0) is 6.42 Å². The van der Waals surface area contributed by atoms with E-state index >= 15 is 0 Å². The summed E-state index contributed by atoms with van der Waals surface area (Å²) < 4.78 is 29.7. The molecule has 3 nitrogen and oxygen atoms in total. The van der Waals surface area contributed by atoms with Crippen LogP contribution in [0.1, 0.15) is 26.2 Å². The molecule has 1 saturated heterocycles. The summed E-state index contributed by atoms with van der Waals surface area (Å²) in [6.45, 7) is 6.52. The number of hydrogen-bond acceptors (Lipinski definition) is 2. The van der Waals surface area contributed by atoms with Gasteiger partial charge in [-0.25, -0.2) is 0 Å². The number of quaternary nitrogens is 1. The second kappa shape index (κ2) is 5.79. The van der Waals surface area contributed by atoms with Gasteiger partial charge >= 0.3 is 7.99 Å². The highest BCUT2D eigenvalue weighted by Gasteiger charge is 2.24. The van der Waals surface area contributed by atoms with Crippen molar-refractivity contribution in [3.63, 3.8) is 0 Å². The maximum Gasteiger partial charge on any atom is 0.345 e. The summed E-state index contributed by atoms with van der Waals surface area (Å²) in [4.78, 5) is 8.33. The van der Waals surface area contributed by atoms with Gasteiger partial charge in [0.05, 0.1) is 26.7 Å². The van der Waals surface area contributed by atoms with E-state index in [1.54, 1.807) is 0 Å². The molecule has 0 aromatic rings. The van der Waals surface area contributed by atoms with Crippen LogP contribution in [0.15, 0.2) is 0 Å². The second-order valence-electron chi connectivity index (χ2n) is 3.91. The van der Waals surface area contributed by atoms with Crippen molar-refractivity contribution in [2.45, 2.75) is 26.2 Å². The van der Waals surface area contributed by atoms with E-state index in [-0.39, 0.29) is 0 Å². The molecule has 86 valence electrons. The van der Waals surface area contributed by atoms with Crippen molar-refractivity contribution in [1.29, 1.82) is 0 Å². The Kier molecular flexibility index (Phi) is 5.79. The molecule has 0 radical (unpaired) electrons. The standard InChI is InChI=1S/C8H18N.F2HO2P/c1-3-6-9(2)7-4-5-8-9;1-5(2,3)4/h3-8H2,1-2H3;(H,3,4)/q+1;/p-1. The Bertz CT molecular complexity index is 193. The first-order valence-electron chi connectivity index (χ1n) is 4.81. The SMILES string of the molecule is CCC[N+]1(C)CCCC1.O=P([O-])(F)F. The highest BCUT2D eigenvalue weighted by atomic mass is 31.2. The average molecular weight is 229 g/mol. The Morgan fingerprint density at radius 1 is 1.36 bits per heavy atom. The van der Waals surface area contributed by atoms with Gasteiger partial charge in [-0.3, -0.25) is 4.57 Å². The van der Waals surface area contributed by atoms with E-state index in [1.165, 1.54) is 43.4 Å². The normalized spacial score (nSPS) is 20.1. The van der Waals surface area contributed by atoms with E-state index in [2.05, 4.69) is 14.0 Å². The summed E-state index contributed by atoms with van der Waals surface area (Å²) in [5.74, 6) is 0. The molecule has 1 aliphatic rings. The highest BCUT2D eigenvalue weighted by Crippen LogP contribution is 2.37. The zero-order valence-electron chi connectivity index (χ0n) is 8.71. The van der Waals surface area contributed by atoms with Crippen LogP contribution in [-0.4, -0.2) is 31.2 Å². The lowest BCUT2D eigenvalue weighted by Crippen LogP contribution is -2.41. The summed E-state index contributed by atoms with van der Waals surface area (Å²) in [5.41, 5.74) is 0. The number of halogens is 2. The first-order valence-corrected chi connectivity index (χ1v) is 6.21. The first-order chi connectivity index (χ1) is 6.27. The van der Waals surface area contributed by atoms with Crippen molar-refractivity contribution >= 4 is 7.99 Å². The molecular weight excluding hydrogens is 211 g/mol. The summed E-state index contributed by atoms with van der Waals surface area (Å²) in [6, 6.07) is 0. The number of likely N-dealkylation sites (tertiary alicyclic amines) is 1. The molecule has 0 N–H and O–H groups in total. The molecule has 0 aromatic carbocycles. The van der Waals surface area contributed by atoms with Gasteiger partial charge in [0.25, 0.3) is 0 Å². The summed E-state index contributed by atoms with van der Waals surface area (Å²) >= 11 is 0. The predicted octanol–water partition coefficient (Wildman–Crippen LogP) is 2.03. The van der Waals surface area contributed by atoms with Gasteiger partial charge in [0, 0.05) is 12.8 Å². The van der Waals surface area contributed by atoms with E-state index in [4.69, 9.17) is 9.46 Å². The Balaban J connectivity index is 0.000000292. The van der Waals surface area contributed by atoms with Gasteiger partial charge in [0.15, 0.2) is 0 Å². The van der Waals surface area contributed by atoms with Crippen molar-refractivity contribution in [3.8, 4) is 0 Å². The Labute approximate surface area is 84.0 Å². The molecule has 1 aliphatic heterocycles. The van der Waals surface area contributed by atoms with Crippen LogP contribution in [-0.2, 0) is 4.57 Å². The van der Waals surface area contributed by atoms with E-state index in [9.17, 15) is 8.39 Å². The molecule has 0 spiro atoms. The molecule has 0 bridgehead atoms. The van der Waals surface area contributed by atoms with E-state index in [0.717, 1.165) is 0 Å². The molecule has 0 aromatic heterocycles. The molecule has 14 heavy (non-hydrogen) atoms. The quantitative estimate of drug-likeness (QED) is 0.537. The molecule has 1 fully saturated rings. The van der Waals surface area contributed by atoms with Crippen molar-refractivity contribution in [2.75, 3.05) is 26.7 Å². The van der Waals surface area contributed by atoms with Crippen LogP contribution in [0.3, 0.4) is 0 Å². The third-order valence-corrected chi connectivity index (χ3v) is 2.41. The smallest absolute Gasteiger partial charge is 0.345 e. The summed E-state index contributed by atoms with van der Waals surface area (Å²) in [7, 11) is -3.50. The van der Waals surface area contributed by atoms with Crippen LogP contribution in [0.2, 0.25) is 0 Å². The Morgan fingerprint density at radius 3 is 2.00 bits per heavy atom. The third kappa shape index (κ3) is 8.60. The molecule has 0 amide bonds. The topological polar surface area (TPSA) is 40.1 Å². The van der Waals surface area contributed by atoms with E-state index in [1.807, 2.05) is 0 Å². The van der Waals surface area contributed by atoms with Crippen LogP contribution in [0, 0.1) is 0 Å². The van der Waals surface area contributed by atoms with Gasteiger partial charge < -0.3 is 9.38 Å². The summed E-state index contributed by atoms with van der Waals surface area (Å²) in [6.07, 6.45) is 4.25. The van der Waals surface area contributed by atoms with Crippen molar-refractivity contribution in [1.82, 2.24) is 0 Å². The molecule has 1 rings (SSSR count). The van der Waals surface area contributed by atoms with Gasteiger partial charge in [0.1, 0.15) is 0 Å². The lowest BCUT2D eigenvalue weighted by atomic mass is 10.4. The van der Waals surface area contributed by atoms with E-state index < -0.39 is 7.99 Å². The lowest BCUT2D eigenvalue weighted by molar-refractivity contribution is -0.897. The fraction of sp³-hybridized carbons (Fsp3) is 1.00. The van der Waals surface area contributed by atoms with Crippen molar-refractivity contribution in [3.05, 3.63) is 0 Å². The first kappa shape index (κ1) is 14.0. The van der Waals surface area contributed by atoms with Crippen LogP contribution in [0.25, 0.3) is 0 Å². The van der Waals surface area contributed by atoms with E-state index in [0.29, 0.717) is 0 Å². The summed E-state index contributed by atoms with van der Waals surface area (Å²) in [5, 5.41) is 0. The largest absolute Gasteiger partial charge is 0.749 e. The lowest BCUT2D eigenvalue weighted by Gasteiger charge is -2.28. The highest BCUT2D eigenvalue weighted by molar-refractivity contribution is 7.44.